The average molecular weight is 226 g/mol. The van der Waals surface area contributed by atoms with E-state index in [4.69, 9.17) is 16.5 Å². The number of azide groups is 1. The van der Waals surface area contributed by atoms with Gasteiger partial charge in [0.15, 0.2) is 0 Å². The molecule has 80 valence electrons. The maximum Gasteiger partial charge on any atom is 0.274 e. The lowest BCUT2D eigenvalue weighted by atomic mass is 10.2. The van der Waals surface area contributed by atoms with Crippen molar-refractivity contribution in [3.05, 3.63) is 40.3 Å². The summed E-state index contributed by atoms with van der Waals surface area (Å²) in [5, 5.41) is 5.91. The van der Waals surface area contributed by atoms with Crippen molar-refractivity contribution >= 4 is 13.3 Å². The van der Waals surface area contributed by atoms with Crippen LogP contribution in [0.4, 0.5) is 5.69 Å². The van der Waals surface area contributed by atoms with E-state index in [0.717, 1.165) is 5.56 Å². The Morgan fingerprint density at radius 3 is 2.47 bits per heavy atom. The summed E-state index contributed by atoms with van der Waals surface area (Å²) in [5.41, 5.74) is 19.8. The van der Waals surface area contributed by atoms with Crippen molar-refractivity contribution in [2.24, 2.45) is 16.1 Å². The van der Waals surface area contributed by atoms with Crippen molar-refractivity contribution in [3.8, 4) is 0 Å². The van der Waals surface area contributed by atoms with Crippen LogP contribution in [0.15, 0.2) is 29.4 Å². The fourth-order valence-electron chi connectivity index (χ4n) is 0.947. The standard InChI is InChI=1S/C7H11N6OP/c8-13-12-7-3-1-6(2-4-7)5-11-15(9,10)14/h1-4H,5H2,(H5,9,10,11,14). The highest BCUT2D eigenvalue weighted by Crippen LogP contribution is 2.19. The zero-order valence-corrected chi connectivity index (χ0v) is 8.76. The summed E-state index contributed by atoms with van der Waals surface area (Å²) in [7, 11) is -3.19. The Bertz CT molecular complexity index is 418. The van der Waals surface area contributed by atoms with Crippen LogP contribution in [0.25, 0.3) is 10.4 Å². The SMILES string of the molecule is [N-]=[N+]=Nc1ccc(CNP(N)(N)=O)cc1. The second kappa shape index (κ2) is 4.93. The maximum atomic E-state index is 10.9. The third kappa shape index (κ3) is 4.60. The zero-order chi connectivity index (χ0) is 11.3. The molecule has 0 unspecified atom stereocenters. The van der Waals surface area contributed by atoms with Gasteiger partial charge in [0.05, 0.1) is 0 Å². The molecule has 15 heavy (non-hydrogen) atoms. The zero-order valence-electron chi connectivity index (χ0n) is 7.87. The first-order chi connectivity index (χ1) is 7.01. The lowest BCUT2D eigenvalue weighted by Crippen LogP contribution is -2.21. The number of hydrogen-bond acceptors (Lipinski definition) is 2. The molecule has 0 aliphatic rings. The van der Waals surface area contributed by atoms with Gasteiger partial charge in [0.2, 0.25) is 0 Å². The molecule has 0 aliphatic heterocycles. The fourth-order valence-corrected chi connectivity index (χ4v) is 1.38. The number of nitrogens with zero attached hydrogens (tertiary/aromatic N) is 3. The molecule has 5 N–H and O–H groups in total. The summed E-state index contributed by atoms with van der Waals surface area (Å²) in [5.74, 6) is 0. The Morgan fingerprint density at radius 1 is 1.40 bits per heavy atom. The van der Waals surface area contributed by atoms with Crippen LogP contribution in [0.1, 0.15) is 5.56 Å². The van der Waals surface area contributed by atoms with E-state index in [9.17, 15) is 4.57 Å². The summed E-state index contributed by atoms with van der Waals surface area (Å²) in [6.07, 6.45) is 0. The Kier molecular flexibility index (Phi) is 3.85. The van der Waals surface area contributed by atoms with Crippen molar-refractivity contribution < 1.29 is 4.57 Å². The van der Waals surface area contributed by atoms with Gasteiger partial charge >= 0.3 is 0 Å². The minimum atomic E-state index is -3.19. The molecule has 0 aliphatic carbocycles. The summed E-state index contributed by atoms with van der Waals surface area (Å²) >= 11 is 0. The quantitative estimate of drug-likeness (QED) is 0.312. The smallest absolute Gasteiger partial charge is 0.271 e. The van der Waals surface area contributed by atoms with Crippen molar-refractivity contribution in [1.82, 2.24) is 5.09 Å². The molecule has 1 rings (SSSR count). The predicted octanol–water partition coefficient (Wildman–Crippen LogP) is 1.74. The summed E-state index contributed by atoms with van der Waals surface area (Å²) in [6.45, 7) is 0.306. The van der Waals surface area contributed by atoms with Crippen molar-refractivity contribution in [2.75, 3.05) is 0 Å². The Balaban J connectivity index is 2.65. The fraction of sp³-hybridized carbons (Fsp3) is 0.143. The van der Waals surface area contributed by atoms with Crippen LogP contribution in [-0.4, -0.2) is 0 Å². The van der Waals surface area contributed by atoms with E-state index in [1.807, 2.05) is 0 Å². The van der Waals surface area contributed by atoms with E-state index in [0.29, 0.717) is 12.2 Å². The van der Waals surface area contributed by atoms with Gasteiger partial charge in [-0.2, -0.15) is 0 Å². The monoisotopic (exact) mass is 226 g/mol. The third-order valence-corrected chi connectivity index (χ3v) is 2.28. The predicted molar refractivity (Wildman–Crippen MR) is 58.1 cm³/mol. The lowest BCUT2D eigenvalue weighted by Gasteiger charge is -2.08. The Morgan fingerprint density at radius 2 is 2.00 bits per heavy atom. The number of benzene rings is 1. The van der Waals surface area contributed by atoms with Crippen LogP contribution in [0, 0.1) is 0 Å². The van der Waals surface area contributed by atoms with Gasteiger partial charge in [-0.3, -0.25) is 15.6 Å². The number of hydrogen-bond donors (Lipinski definition) is 3. The molecule has 8 heteroatoms. The first kappa shape index (κ1) is 11.7. The highest BCUT2D eigenvalue weighted by Gasteiger charge is 2.05. The van der Waals surface area contributed by atoms with Crippen LogP contribution in [0.2, 0.25) is 0 Å². The Labute approximate surface area is 86.6 Å². The largest absolute Gasteiger partial charge is 0.274 e. The molecular formula is C7H11N6OP. The van der Waals surface area contributed by atoms with E-state index in [-0.39, 0.29) is 0 Å². The summed E-state index contributed by atoms with van der Waals surface area (Å²) in [4.78, 5) is 2.65. The average Bonchev–Trinajstić information content (AvgIpc) is 2.16. The van der Waals surface area contributed by atoms with Crippen molar-refractivity contribution in [2.45, 2.75) is 6.54 Å². The Hall–Kier alpha value is -1.36. The van der Waals surface area contributed by atoms with Gasteiger partial charge < -0.3 is 0 Å². The molecule has 0 atom stereocenters. The van der Waals surface area contributed by atoms with Gasteiger partial charge in [-0.1, -0.05) is 29.4 Å². The summed E-state index contributed by atoms with van der Waals surface area (Å²) < 4.78 is 10.9. The second-order valence-corrected chi connectivity index (χ2v) is 4.64. The third-order valence-electron chi connectivity index (χ3n) is 1.63. The number of nitrogens with two attached hydrogens (primary N) is 2. The first-order valence-corrected chi connectivity index (χ1v) is 5.92. The van der Waals surface area contributed by atoms with Gasteiger partial charge in [-0.25, -0.2) is 5.09 Å². The van der Waals surface area contributed by atoms with Gasteiger partial charge in [0.1, 0.15) is 0 Å². The number of rotatable bonds is 4. The molecule has 0 aromatic heterocycles. The minimum absolute atomic E-state index is 0.306. The summed E-state index contributed by atoms with van der Waals surface area (Å²) in [6, 6.07) is 6.75. The van der Waals surface area contributed by atoms with E-state index < -0.39 is 7.59 Å². The molecular weight excluding hydrogens is 215 g/mol. The molecule has 0 radical (unpaired) electrons. The normalized spacial score (nSPS) is 10.8. The van der Waals surface area contributed by atoms with Gasteiger partial charge in [0, 0.05) is 17.1 Å². The van der Waals surface area contributed by atoms with E-state index in [1.165, 1.54) is 0 Å². The second-order valence-electron chi connectivity index (χ2n) is 2.90. The van der Waals surface area contributed by atoms with Crippen LogP contribution in [-0.2, 0) is 11.1 Å². The highest BCUT2D eigenvalue weighted by molar-refractivity contribution is 7.56. The molecule has 0 spiro atoms. The van der Waals surface area contributed by atoms with Crippen molar-refractivity contribution in [1.29, 1.82) is 0 Å². The first-order valence-electron chi connectivity index (χ1n) is 4.07. The lowest BCUT2D eigenvalue weighted by molar-refractivity contribution is 0.566. The van der Waals surface area contributed by atoms with Gasteiger partial charge in [-0.05, 0) is 11.1 Å². The van der Waals surface area contributed by atoms with Crippen LogP contribution >= 0.6 is 7.59 Å². The highest BCUT2D eigenvalue weighted by atomic mass is 31.2. The molecule has 0 heterocycles. The van der Waals surface area contributed by atoms with E-state index >= 15 is 0 Å². The maximum absolute atomic E-state index is 10.9. The van der Waals surface area contributed by atoms with E-state index in [2.05, 4.69) is 15.1 Å². The molecule has 0 amide bonds. The topological polar surface area (TPSA) is 130 Å². The molecule has 0 fully saturated rings. The number of nitrogens with one attached hydrogen (secondary N) is 1. The minimum Gasteiger partial charge on any atom is -0.271 e. The van der Waals surface area contributed by atoms with Crippen LogP contribution in [0.5, 0.6) is 0 Å². The van der Waals surface area contributed by atoms with E-state index in [1.54, 1.807) is 24.3 Å². The molecule has 1 aromatic carbocycles. The van der Waals surface area contributed by atoms with Gasteiger partial charge in [-0.15, -0.1) is 0 Å². The van der Waals surface area contributed by atoms with Crippen LogP contribution in [0.3, 0.4) is 0 Å². The molecule has 0 saturated carbocycles. The molecule has 0 bridgehead atoms. The van der Waals surface area contributed by atoms with Crippen molar-refractivity contribution in [3.63, 3.8) is 0 Å². The van der Waals surface area contributed by atoms with Crippen LogP contribution < -0.4 is 16.1 Å². The van der Waals surface area contributed by atoms with Gasteiger partial charge in [0.25, 0.3) is 7.59 Å². The molecule has 0 saturated heterocycles. The molecule has 7 nitrogen and oxygen atoms in total. The molecule has 1 aromatic rings.